The van der Waals surface area contributed by atoms with Crippen LogP contribution in [0.3, 0.4) is 0 Å². The van der Waals surface area contributed by atoms with Gasteiger partial charge in [0, 0.05) is 25.2 Å². The molecular formula is C11H15N5O3. The number of imidazole rings is 1. The Hall–Kier alpha value is -1.93. The molecular weight excluding hydrogens is 250 g/mol. The van der Waals surface area contributed by atoms with E-state index in [1.807, 2.05) is 0 Å². The van der Waals surface area contributed by atoms with Crippen LogP contribution in [0.4, 0.5) is 5.95 Å². The molecule has 0 saturated heterocycles. The van der Waals surface area contributed by atoms with E-state index in [-0.39, 0.29) is 42.6 Å². The largest absolute Gasteiger partial charge is 0.396 e. The minimum absolute atomic E-state index is 0.0308. The number of anilines is 1. The second-order valence-corrected chi connectivity index (χ2v) is 4.87. The number of aromatic nitrogens is 4. The highest BCUT2D eigenvalue weighted by atomic mass is 16.3. The van der Waals surface area contributed by atoms with Crippen LogP contribution in [-0.2, 0) is 0 Å². The van der Waals surface area contributed by atoms with Crippen LogP contribution in [0.2, 0.25) is 0 Å². The smallest absolute Gasteiger partial charge is 0.278 e. The van der Waals surface area contributed by atoms with Gasteiger partial charge in [-0.15, -0.1) is 0 Å². The zero-order chi connectivity index (χ0) is 13.6. The summed E-state index contributed by atoms with van der Waals surface area (Å²) < 4.78 is 1.72. The number of nitrogens with two attached hydrogens (primary N) is 1. The topological polar surface area (TPSA) is 130 Å². The molecule has 102 valence electrons. The van der Waals surface area contributed by atoms with Gasteiger partial charge in [0.25, 0.3) is 5.56 Å². The van der Waals surface area contributed by atoms with Crippen LogP contribution < -0.4 is 11.3 Å². The molecule has 5 N–H and O–H groups in total. The van der Waals surface area contributed by atoms with E-state index in [0.29, 0.717) is 17.6 Å². The lowest BCUT2D eigenvalue weighted by Crippen LogP contribution is -2.42. The average Bonchev–Trinajstić information content (AvgIpc) is 2.73. The Labute approximate surface area is 107 Å². The van der Waals surface area contributed by atoms with Crippen LogP contribution in [0.5, 0.6) is 0 Å². The van der Waals surface area contributed by atoms with Crippen molar-refractivity contribution >= 4 is 17.1 Å². The number of hydrogen-bond acceptors (Lipinski definition) is 6. The van der Waals surface area contributed by atoms with Gasteiger partial charge in [-0.3, -0.25) is 9.78 Å². The van der Waals surface area contributed by atoms with Gasteiger partial charge >= 0.3 is 0 Å². The van der Waals surface area contributed by atoms with Crippen molar-refractivity contribution in [3.63, 3.8) is 0 Å². The predicted octanol–water partition coefficient (Wildman–Crippen LogP) is -1.14. The first-order valence-corrected chi connectivity index (χ1v) is 6.09. The van der Waals surface area contributed by atoms with E-state index in [1.54, 1.807) is 4.57 Å². The molecule has 0 radical (unpaired) electrons. The number of fused-ring (bicyclic) bond motifs is 1. The molecule has 0 unspecified atom stereocenters. The fraction of sp³-hybridized carbons (Fsp3) is 0.545. The summed E-state index contributed by atoms with van der Waals surface area (Å²) in [5.41, 5.74) is 5.77. The third-order valence-electron chi connectivity index (χ3n) is 3.90. The molecule has 0 amide bonds. The van der Waals surface area contributed by atoms with Crippen LogP contribution in [0.25, 0.3) is 11.2 Å². The number of nitrogen functional groups attached to an aromatic ring is 1. The molecule has 0 bridgehead atoms. The first-order chi connectivity index (χ1) is 9.15. The van der Waals surface area contributed by atoms with Gasteiger partial charge in [-0.2, -0.15) is 4.98 Å². The molecule has 2 aromatic rings. The van der Waals surface area contributed by atoms with Gasteiger partial charge in [-0.1, -0.05) is 0 Å². The first kappa shape index (κ1) is 12.1. The molecule has 8 nitrogen and oxygen atoms in total. The normalized spacial score (nSPS) is 26.5. The monoisotopic (exact) mass is 265 g/mol. The highest BCUT2D eigenvalue weighted by Gasteiger charge is 2.42. The SMILES string of the molecule is Nc1nc2ncn([C@@H]3C[C@H](CO)[C@H]3CO)c2c(=O)[nH]1. The average molecular weight is 265 g/mol. The maximum atomic E-state index is 11.9. The molecule has 0 aromatic carbocycles. The van der Waals surface area contributed by atoms with Gasteiger partial charge in [-0.25, -0.2) is 4.98 Å². The number of nitrogens with one attached hydrogen (secondary N) is 1. The molecule has 0 aliphatic heterocycles. The second-order valence-electron chi connectivity index (χ2n) is 4.87. The number of aliphatic hydroxyl groups excluding tert-OH is 2. The fourth-order valence-electron chi connectivity index (χ4n) is 2.80. The maximum absolute atomic E-state index is 11.9. The van der Waals surface area contributed by atoms with Gasteiger partial charge < -0.3 is 20.5 Å². The van der Waals surface area contributed by atoms with Crippen molar-refractivity contribution in [2.45, 2.75) is 12.5 Å². The number of H-pyrrole nitrogens is 1. The van der Waals surface area contributed by atoms with Crippen molar-refractivity contribution < 1.29 is 10.2 Å². The summed E-state index contributed by atoms with van der Waals surface area (Å²) >= 11 is 0. The summed E-state index contributed by atoms with van der Waals surface area (Å²) in [4.78, 5) is 22.4. The van der Waals surface area contributed by atoms with Crippen molar-refractivity contribution in [1.29, 1.82) is 0 Å². The van der Waals surface area contributed by atoms with Crippen molar-refractivity contribution in [3.05, 3.63) is 16.7 Å². The molecule has 1 saturated carbocycles. The highest BCUT2D eigenvalue weighted by Crippen LogP contribution is 2.44. The van der Waals surface area contributed by atoms with Crippen molar-refractivity contribution in [3.8, 4) is 0 Å². The Morgan fingerprint density at radius 1 is 1.47 bits per heavy atom. The fourth-order valence-corrected chi connectivity index (χ4v) is 2.80. The van der Waals surface area contributed by atoms with Crippen LogP contribution in [0, 0.1) is 11.8 Å². The summed E-state index contributed by atoms with van der Waals surface area (Å²) in [6, 6.07) is -0.0429. The highest BCUT2D eigenvalue weighted by molar-refractivity contribution is 5.70. The van der Waals surface area contributed by atoms with Crippen LogP contribution in [-0.4, -0.2) is 42.9 Å². The molecule has 3 rings (SSSR count). The number of aliphatic hydroxyl groups is 2. The van der Waals surface area contributed by atoms with Crippen molar-refractivity contribution in [2.75, 3.05) is 18.9 Å². The molecule has 2 aromatic heterocycles. The van der Waals surface area contributed by atoms with E-state index in [9.17, 15) is 15.0 Å². The summed E-state index contributed by atoms with van der Waals surface area (Å²) in [5, 5.41) is 18.6. The lowest BCUT2D eigenvalue weighted by Gasteiger charge is -2.43. The van der Waals surface area contributed by atoms with E-state index in [0.717, 1.165) is 0 Å². The Balaban J connectivity index is 2.05. The lowest BCUT2D eigenvalue weighted by molar-refractivity contribution is -0.00515. The Kier molecular flexibility index (Phi) is 2.76. The summed E-state index contributed by atoms with van der Waals surface area (Å²) in [7, 11) is 0. The molecule has 2 heterocycles. The number of rotatable bonds is 3. The quantitative estimate of drug-likeness (QED) is 0.555. The molecule has 19 heavy (non-hydrogen) atoms. The second kappa shape index (κ2) is 4.32. The van der Waals surface area contributed by atoms with Crippen molar-refractivity contribution in [2.24, 2.45) is 11.8 Å². The third kappa shape index (κ3) is 1.71. The number of nitrogens with zero attached hydrogens (tertiary/aromatic N) is 3. The van der Waals surface area contributed by atoms with Gasteiger partial charge in [0.05, 0.1) is 6.33 Å². The van der Waals surface area contributed by atoms with Gasteiger partial charge in [0.2, 0.25) is 5.95 Å². The van der Waals surface area contributed by atoms with Gasteiger partial charge in [0.15, 0.2) is 11.2 Å². The van der Waals surface area contributed by atoms with Gasteiger partial charge in [0.1, 0.15) is 0 Å². The zero-order valence-corrected chi connectivity index (χ0v) is 10.2. The van der Waals surface area contributed by atoms with E-state index < -0.39 is 0 Å². The standard InChI is InChI=1S/C11H15N5O3/c12-11-14-9-8(10(19)15-11)16(4-13-9)7-1-5(2-17)6(7)3-18/h4-7,17-18H,1-3H2,(H3,12,14,15,19)/t5-,6-,7-/m1/s1. The summed E-state index contributed by atoms with van der Waals surface area (Å²) in [6.07, 6.45) is 2.24. The Morgan fingerprint density at radius 3 is 2.95 bits per heavy atom. The summed E-state index contributed by atoms with van der Waals surface area (Å²) in [5.74, 6) is 0.0240. The molecule has 1 fully saturated rings. The van der Waals surface area contributed by atoms with E-state index in [2.05, 4.69) is 15.0 Å². The van der Waals surface area contributed by atoms with Crippen LogP contribution in [0.1, 0.15) is 12.5 Å². The zero-order valence-electron chi connectivity index (χ0n) is 10.2. The van der Waals surface area contributed by atoms with Crippen molar-refractivity contribution in [1.82, 2.24) is 19.5 Å². The number of hydrogen-bond donors (Lipinski definition) is 4. The first-order valence-electron chi connectivity index (χ1n) is 6.09. The minimum atomic E-state index is -0.343. The lowest BCUT2D eigenvalue weighted by atomic mass is 9.70. The molecule has 8 heteroatoms. The van der Waals surface area contributed by atoms with E-state index in [4.69, 9.17) is 5.73 Å². The molecule has 0 spiro atoms. The summed E-state index contributed by atoms with van der Waals surface area (Å²) in [6.45, 7) is 0.00574. The van der Waals surface area contributed by atoms with E-state index >= 15 is 0 Å². The number of aromatic amines is 1. The van der Waals surface area contributed by atoms with E-state index in [1.165, 1.54) is 6.33 Å². The van der Waals surface area contributed by atoms with Crippen LogP contribution in [0.15, 0.2) is 11.1 Å². The van der Waals surface area contributed by atoms with Gasteiger partial charge in [-0.05, 0) is 12.3 Å². The molecule has 1 aliphatic carbocycles. The maximum Gasteiger partial charge on any atom is 0.278 e. The predicted molar refractivity (Wildman–Crippen MR) is 67.4 cm³/mol. The minimum Gasteiger partial charge on any atom is -0.396 e. The Morgan fingerprint density at radius 2 is 2.26 bits per heavy atom. The molecule has 1 aliphatic rings. The Bertz CT molecular complexity index is 664. The third-order valence-corrected chi connectivity index (χ3v) is 3.90. The molecule has 3 atom stereocenters. The van der Waals surface area contributed by atoms with Crippen LogP contribution >= 0.6 is 0 Å².